The molecule has 0 unspecified atom stereocenters. The average Bonchev–Trinajstić information content (AvgIpc) is 2.89. The summed E-state index contributed by atoms with van der Waals surface area (Å²) in [5, 5.41) is 0. The summed E-state index contributed by atoms with van der Waals surface area (Å²) in [6.45, 7) is 4.58. The van der Waals surface area contributed by atoms with Crippen molar-refractivity contribution < 1.29 is 0 Å². The van der Waals surface area contributed by atoms with Crippen LogP contribution < -0.4 is 0 Å². The van der Waals surface area contributed by atoms with E-state index < -0.39 is 0 Å². The van der Waals surface area contributed by atoms with Gasteiger partial charge in [-0.25, -0.2) is 0 Å². The third kappa shape index (κ3) is 33.5. The van der Waals surface area contributed by atoms with Crippen LogP contribution in [0.5, 0.6) is 0 Å². The van der Waals surface area contributed by atoms with Gasteiger partial charge in [0.15, 0.2) is 0 Å². The first-order chi connectivity index (χ1) is 17.9. The quantitative estimate of drug-likeness (QED) is 0.0654. The molecule has 0 saturated carbocycles. The lowest BCUT2D eigenvalue weighted by atomic mass is 10.0. The van der Waals surface area contributed by atoms with Crippen LogP contribution in [0.3, 0.4) is 0 Å². The fraction of sp³-hybridized carbons (Fsp3) is 0.861. The topological polar surface area (TPSA) is 0 Å². The van der Waals surface area contributed by atoms with Crippen LogP contribution in [-0.2, 0) is 0 Å². The van der Waals surface area contributed by atoms with Gasteiger partial charge >= 0.3 is 0 Å². The molecule has 0 aliphatic rings. The summed E-state index contributed by atoms with van der Waals surface area (Å²) in [6, 6.07) is 0. The maximum Gasteiger partial charge on any atom is -0.0351 e. The van der Waals surface area contributed by atoms with Crippen molar-refractivity contribution in [2.45, 2.75) is 200 Å². The zero-order chi connectivity index (χ0) is 26.0. The Morgan fingerprint density at radius 2 is 0.472 bits per heavy atom. The Morgan fingerprint density at radius 1 is 0.250 bits per heavy atom. The van der Waals surface area contributed by atoms with Crippen molar-refractivity contribution in [1.29, 1.82) is 0 Å². The van der Waals surface area contributed by atoms with Gasteiger partial charge in [-0.05, 0) is 57.8 Å². The first kappa shape index (κ1) is 35.5. The first-order valence-corrected chi connectivity index (χ1v) is 17.0. The molecule has 0 nitrogen and oxygen atoms in total. The van der Waals surface area contributed by atoms with E-state index in [-0.39, 0.29) is 0 Å². The fourth-order valence-corrected chi connectivity index (χ4v) is 5.04. The largest absolute Gasteiger partial charge is 0.0885 e. The zero-order valence-electron chi connectivity index (χ0n) is 25.4. The third-order valence-corrected chi connectivity index (χ3v) is 7.59. The van der Waals surface area contributed by atoms with Crippen LogP contribution in [-0.4, -0.2) is 0 Å². The highest BCUT2D eigenvalue weighted by molar-refractivity contribution is 4.82. The normalized spacial score (nSPS) is 11.9. The van der Waals surface area contributed by atoms with Crippen molar-refractivity contribution in [2.24, 2.45) is 0 Å². The third-order valence-electron chi connectivity index (χ3n) is 7.59. The van der Waals surface area contributed by atoms with Crippen LogP contribution in [0.4, 0.5) is 0 Å². The van der Waals surface area contributed by atoms with Crippen molar-refractivity contribution in [2.75, 3.05) is 0 Å². The van der Waals surface area contributed by atoms with Crippen molar-refractivity contribution >= 4 is 0 Å². The molecule has 0 spiro atoms. The molecular formula is C36H69. The van der Waals surface area contributed by atoms with E-state index in [9.17, 15) is 0 Å². The van der Waals surface area contributed by atoms with E-state index in [4.69, 9.17) is 0 Å². The van der Waals surface area contributed by atoms with E-state index in [1.54, 1.807) is 0 Å². The molecule has 0 aromatic heterocycles. The number of hydrogen-bond acceptors (Lipinski definition) is 0. The Labute approximate surface area is 230 Å². The molecule has 213 valence electrons. The Balaban J connectivity index is 3.07. The van der Waals surface area contributed by atoms with Gasteiger partial charge in [0.05, 0.1) is 0 Å². The Morgan fingerprint density at radius 3 is 0.750 bits per heavy atom. The highest BCUT2D eigenvalue weighted by atomic mass is 14.0. The number of hydrogen-bond donors (Lipinski definition) is 0. The molecule has 0 atom stereocenters. The molecule has 0 heteroatoms. The van der Waals surface area contributed by atoms with Gasteiger partial charge in [0.1, 0.15) is 0 Å². The van der Waals surface area contributed by atoms with Crippen LogP contribution in [0.15, 0.2) is 24.3 Å². The minimum atomic E-state index is 1.30. The maximum atomic E-state index is 2.58. The van der Waals surface area contributed by atoms with Gasteiger partial charge in [-0.3, -0.25) is 0 Å². The van der Waals surface area contributed by atoms with Crippen LogP contribution in [0.25, 0.3) is 0 Å². The predicted octanol–water partition coefficient (Wildman–Crippen LogP) is 13.7. The van der Waals surface area contributed by atoms with Crippen molar-refractivity contribution in [3.63, 3.8) is 0 Å². The van der Waals surface area contributed by atoms with E-state index in [0.717, 1.165) is 0 Å². The first-order valence-electron chi connectivity index (χ1n) is 17.0. The SMILES string of the molecule is CCCCCC/C=C\CCCCCCCCCC[CH]CCCCCCCCC/C=C/CCCCCC. The van der Waals surface area contributed by atoms with Crippen LogP contribution in [0.2, 0.25) is 0 Å². The van der Waals surface area contributed by atoms with Gasteiger partial charge in [-0.15, -0.1) is 0 Å². The zero-order valence-corrected chi connectivity index (χ0v) is 25.4. The number of allylic oxidation sites excluding steroid dienone is 4. The van der Waals surface area contributed by atoms with E-state index in [2.05, 4.69) is 44.6 Å². The Bertz CT molecular complexity index is 378. The van der Waals surface area contributed by atoms with E-state index in [1.165, 1.54) is 186 Å². The van der Waals surface area contributed by atoms with Gasteiger partial charge < -0.3 is 0 Å². The minimum Gasteiger partial charge on any atom is -0.0885 e. The second kappa shape index (κ2) is 34.5. The lowest BCUT2D eigenvalue weighted by Gasteiger charge is -2.03. The molecule has 0 N–H and O–H groups in total. The van der Waals surface area contributed by atoms with Gasteiger partial charge in [-0.2, -0.15) is 0 Å². The summed E-state index contributed by atoms with van der Waals surface area (Å²) >= 11 is 0. The minimum absolute atomic E-state index is 1.30. The predicted molar refractivity (Wildman–Crippen MR) is 168 cm³/mol. The summed E-state index contributed by atoms with van der Waals surface area (Å²) in [5.74, 6) is 0. The molecule has 0 fully saturated rings. The summed E-state index contributed by atoms with van der Waals surface area (Å²) in [6.07, 6.45) is 52.9. The summed E-state index contributed by atoms with van der Waals surface area (Å²) in [4.78, 5) is 0. The molecule has 36 heavy (non-hydrogen) atoms. The lowest BCUT2D eigenvalue weighted by Crippen LogP contribution is -1.84. The summed E-state index contributed by atoms with van der Waals surface area (Å²) in [5.41, 5.74) is 0. The fourth-order valence-electron chi connectivity index (χ4n) is 5.04. The smallest absolute Gasteiger partial charge is 0.0351 e. The van der Waals surface area contributed by atoms with Gasteiger partial charge in [0.2, 0.25) is 0 Å². The number of unbranched alkanes of at least 4 members (excludes halogenated alkanes) is 27. The standard InChI is InChI=1S/C36H69/c1-3-5-7-9-11-13-15-17-19-21-23-25-27-29-31-33-35-36-34-32-30-28-26-24-22-20-18-16-14-12-10-8-6-4-2/h13-16,35H,3-12,17-34,36H2,1-2H3/b15-13+,16-14-. The van der Waals surface area contributed by atoms with Gasteiger partial charge in [-0.1, -0.05) is 173 Å². The Hall–Kier alpha value is -0.520. The highest BCUT2D eigenvalue weighted by Crippen LogP contribution is 2.15. The highest BCUT2D eigenvalue weighted by Gasteiger charge is 1.95. The van der Waals surface area contributed by atoms with Crippen molar-refractivity contribution in [1.82, 2.24) is 0 Å². The second-order valence-electron chi connectivity index (χ2n) is 11.4. The lowest BCUT2D eigenvalue weighted by molar-refractivity contribution is 0.557. The molecule has 0 aliphatic heterocycles. The molecule has 0 aromatic rings. The van der Waals surface area contributed by atoms with Gasteiger partial charge in [0.25, 0.3) is 0 Å². The molecular weight excluding hydrogens is 432 g/mol. The summed E-state index contributed by atoms with van der Waals surface area (Å²) < 4.78 is 0. The Kier molecular flexibility index (Phi) is 34.0. The maximum absolute atomic E-state index is 2.58. The molecule has 1 radical (unpaired) electrons. The van der Waals surface area contributed by atoms with Crippen LogP contribution in [0.1, 0.15) is 200 Å². The van der Waals surface area contributed by atoms with E-state index in [0.29, 0.717) is 0 Å². The molecule has 0 aromatic carbocycles. The van der Waals surface area contributed by atoms with Crippen molar-refractivity contribution in [3.8, 4) is 0 Å². The summed E-state index contributed by atoms with van der Waals surface area (Å²) in [7, 11) is 0. The van der Waals surface area contributed by atoms with Crippen molar-refractivity contribution in [3.05, 3.63) is 30.7 Å². The van der Waals surface area contributed by atoms with Crippen LogP contribution >= 0.6 is 0 Å². The molecule has 0 aliphatic carbocycles. The second-order valence-corrected chi connectivity index (χ2v) is 11.4. The monoisotopic (exact) mass is 502 g/mol. The average molecular weight is 502 g/mol. The van der Waals surface area contributed by atoms with Crippen LogP contribution in [0, 0.1) is 6.42 Å². The molecule has 0 rings (SSSR count). The van der Waals surface area contributed by atoms with E-state index in [1.807, 2.05) is 0 Å². The molecule has 0 saturated heterocycles. The van der Waals surface area contributed by atoms with Gasteiger partial charge in [0, 0.05) is 0 Å². The molecule has 0 heterocycles. The number of rotatable bonds is 31. The van der Waals surface area contributed by atoms with E-state index >= 15 is 0 Å². The molecule has 0 amide bonds. The molecule has 0 bridgehead atoms.